The topological polar surface area (TPSA) is 49.6 Å². The van der Waals surface area contributed by atoms with Crippen LogP contribution >= 0.6 is 11.6 Å². The van der Waals surface area contributed by atoms with Crippen molar-refractivity contribution < 1.29 is 4.79 Å². The number of likely N-dealkylation sites (tertiary alicyclic amines) is 1. The molecule has 0 radical (unpaired) electrons. The Balaban J connectivity index is 1.38. The van der Waals surface area contributed by atoms with Gasteiger partial charge in [-0.3, -0.25) is 14.1 Å². The molecule has 140 valence electrons. The average molecular weight is 383 g/mol. The predicted octanol–water partition coefficient (Wildman–Crippen LogP) is 3.90. The number of pyridine rings is 1. The number of hydrogen-bond donors (Lipinski definition) is 1. The molecule has 1 aliphatic rings. The van der Waals surface area contributed by atoms with E-state index in [0.717, 1.165) is 12.1 Å². The quantitative estimate of drug-likeness (QED) is 0.728. The van der Waals surface area contributed by atoms with Gasteiger partial charge in [-0.25, -0.2) is 4.98 Å². The van der Waals surface area contributed by atoms with Gasteiger partial charge in [0.15, 0.2) is 10.8 Å². The van der Waals surface area contributed by atoms with Crippen LogP contribution in [0.15, 0.2) is 48.7 Å². The van der Waals surface area contributed by atoms with Gasteiger partial charge in [0.2, 0.25) is 0 Å². The standard InChI is InChI=1S/C21H23ClN4O/c22-20-19(26-13-5-2-6-18(26)24-20)21(27)23-14-16-7-9-17(10-8-16)15-25-11-3-1-4-12-25/h2,5-10,13H,1,3-4,11-12,14-15H2,(H,23,27). The van der Waals surface area contributed by atoms with E-state index in [0.29, 0.717) is 17.9 Å². The zero-order valence-corrected chi connectivity index (χ0v) is 16.0. The number of rotatable bonds is 5. The first-order valence-electron chi connectivity index (χ1n) is 9.42. The lowest BCUT2D eigenvalue weighted by Gasteiger charge is -2.26. The van der Waals surface area contributed by atoms with E-state index in [4.69, 9.17) is 11.6 Å². The molecule has 1 aromatic carbocycles. The van der Waals surface area contributed by atoms with Gasteiger partial charge in [-0.1, -0.05) is 48.4 Å². The third kappa shape index (κ3) is 4.15. The van der Waals surface area contributed by atoms with Crippen LogP contribution in [0.4, 0.5) is 0 Å². The number of benzene rings is 1. The molecule has 4 rings (SSSR count). The third-order valence-corrected chi connectivity index (χ3v) is 5.30. The van der Waals surface area contributed by atoms with Crippen molar-refractivity contribution in [1.29, 1.82) is 0 Å². The zero-order chi connectivity index (χ0) is 18.6. The molecule has 1 aliphatic heterocycles. The molecule has 0 unspecified atom stereocenters. The Morgan fingerprint density at radius 2 is 1.78 bits per heavy atom. The summed E-state index contributed by atoms with van der Waals surface area (Å²) in [7, 11) is 0. The number of aromatic nitrogens is 2. The van der Waals surface area contributed by atoms with Crippen LogP contribution in [0.5, 0.6) is 0 Å². The van der Waals surface area contributed by atoms with E-state index in [1.807, 2.05) is 18.2 Å². The molecule has 5 nitrogen and oxygen atoms in total. The summed E-state index contributed by atoms with van der Waals surface area (Å²) in [5.41, 5.74) is 3.41. The summed E-state index contributed by atoms with van der Waals surface area (Å²) >= 11 is 6.16. The largest absolute Gasteiger partial charge is 0.347 e. The number of halogens is 1. The van der Waals surface area contributed by atoms with Gasteiger partial charge in [0.1, 0.15) is 5.65 Å². The summed E-state index contributed by atoms with van der Waals surface area (Å²) in [6.45, 7) is 3.85. The molecule has 2 aromatic heterocycles. The van der Waals surface area contributed by atoms with Gasteiger partial charge in [0.05, 0.1) is 0 Å². The third-order valence-electron chi connectivity index (χ3n) is 5.03. The Morgan fingerprint density at radius 1 is 1.04 bits per heavy atom. The van der Waals surface area contributed by atoms with E-state index in [1.54, 1.807) is 10.6 Å². The van der Waals surface area contributed by atoms with E-state index >= 15 is 0 Å². The molecule has 1 saturated heterocycles. The van der Waals surface area contributed by atoms with Gasteiger partial charge in [0, 0.05) is 19.3 Å². The number of carbonyl (C=O) groups excluding carboxylic acids is 1. The fourth-order valence-electron chi connectivity index (χ4n) is 3.57. The predicted molar refractivity (Wildman–Crippen MR) is 107 cm³/mol. The highest BCUT2D eigenvalue weighted by Crippen LogP contribution is 2.18. The summed E-state index contributed by atoms with van der Waals surface area (Å²) in [5.74, 6) is -0.226. The highest BCUT2D eigenvalue weighted by atomic mass is 35.5. The molecule has 0 aliphatic carbocycles. The molecule has 3 aromatic rings. The molecule has 3 heterocycles. The van der Waals surface area contributed by atoms with E-state index in [1.165, 1.54) is 37.9 Å². The molecular weight excluding hydrogens is 360 g/mol. The number of amides is 1. The minimum absolute atomic E-state index is 0.218. The molecular formula is C21H23ClN4O. The average Bonchev–Trinajstić information content (AvgIpc) is 3.04. The molecule has 0 atom stereocenters. The smallest absolute Gasteiger partial charge is 0.271 e. The van der Waals surface area contributed by atoms with Crippen LogP contribution in [-0.2, 0) is 13.1 Å². The van der Waals surface area contributed by atoms with Gasteiger partial charge < -0.3 is 5.32 Å². The lowest BCUT2D eigenvalue weighted by atomic mass is 10.1. The number of hydrogen-bond acceptors (Lipinski definition) is 3. The number of fused-ring (bicyclic) bond motifs is 1. The monoisotopic (exact) mass is 382 g/mol. The molecule has 6 heteroatoms. The Kier molecular flexibility index (Phi) is 5.41. The van der Waals surface area contributed by atoms with E-state index in [-0.39, 0.29) is 11.1 Å². The van der Waals surface area contributed by atoms with Crippen molar-refractivity contribution >= 4 is 23.2 Å². The fraction of sp³-hybridized carbons (Fsp3) is 0.333. The second-order valence-electron chi connectivity index (χ2n) is 7.02. The maximum atomic E-state index is 12.6. The van der Waals surface area contributed by atoms with Crippen LogP contribution in [0, 0.1) is 0 Å². The minimum atomic E-state index is -0.226. The van der Waals surface area contributed by atoms with Crippen molar-refractivity contribution in [1.82, 2.24) is 19.6 Å². The van der Waals surface area contributed by atoms with Crippen LogP contribution < -0.4 is 5.32 Å². The van der Waals surface area contributed by atoms with Crippen molar-refractivity contribution in [3.8, 4) is 0 Å². The number of piperidine rings is 1. The van der Waals surface area contributed by atoms with Crippen LogP contribution in [0.2, 0.25) is 5.15 Å². The van der Waals surface area contributed by atoms with Crippen molar-refractivity contribution in [2.75, 3.05) is 13.1 Å². The Morgan fingerprint density at radius 3 is 2.56 bits per heavy atom. The Labute approximate surface area is 164 Å². The summed E-state index contributed by atoms with van der Waals surface area (Å²) in [5, 5.41) is 3.16. The lowest BCUT2D eigenvalue weighted by molar-refractivity contribution is 0.0945. The van der Waals surface area contributed by atoms with Crippen molar-refractivity contribution in [2.24, 2.45) is 0 Å². The molecule has 0 saturated carbocycles. The number of nitrogens with zero attached hydrogens (tertiary/aromatic N) is 3. The van der Waals surface area contributed by atoms with Crippen LogP contribution in [0.3, 0.4) is 0 Å². The maximum Gasteiger partial charge on any atom is 0.271 e. The van der Waals surface area contributed by atoms with Gasteiger partial charge >= 0.3 is 0 Å². The number of imidazole rings is 1. The van der Waals surface area contributed by atoms with Gasteiger partial charge in [-0.05, 0) is 49.2 Å². The zero-order valence-electron chi connectivity index (χ0n) is 15.2. The first-order valence-corrected chi connectivity index (χ1v) is 9.79. The summed E-state index contributed by atoms with van der Waals surface area (Å²) in [6.07, 6.45) is 5.75. The second-order valence-corrected chi connectivity index (χ2v) is 7.37. The van der Waals surface area contributed by atoms with Crippen LogP contribution in [0.1, 0.15) is 40.9 Å². The fourth-order valence-corrected chi connectivity index (χ4v) is 3.84. The van der Waals surface area contributed by atoms with Crippen molar-refractivity contribution in [2.45, 2.75) is 32.4 Å². The molecule has 1 N–H and O–H groups in total. The normalized spacial score (nSPS) is 15.1. The molecule has 0 spiro atoms. The molecule has 27 heavy (non-hydrogen) atoms. The second kappa shape index (κ2) is 8.11. The van der Waals surface area contributed by atoms with Crippen molar-refractivity contribution in [3.63, 3.8) is 0 Å². The van der Waals surface area contributed by atoms with E-state index < -0.39 is 0 Å². The Hall–Kier alpha value is -2.37. The van der Waals surface area contributed by atoms with Crippen molar-refractivity contribution in [3.05, 3.63) is 70.6 Å². The van der Waals surface area contributed by atoms with E-state index in [9.17, 15) is 4.79 Å². The highest BCUT2D eigenvalue weighted by molar-refractivity contribution is 6.32. The summed E-state index contributed by atoms with van der Waals surface area (Å²) in [6, 6.07) is 14.0. The Bertz CT molecular complexity index is 929. The molecule has 0 bridgehead atoms. The van der Waals surface area contributed by atoms with Crippen LogP contribution in [-0.4, -0.2) is 33.3 Å². The minimum Gasteiger partial charge on any atom is -0.347 e. The maximum absolute atomic E-state index is 12.6. The first-order chi connectivity index (χ1) is 13.2. The summed E-state index contributed by atoms with van der Waals surface area (Å²) in [4.78, 5) is 19.3. The van der Waals surface area contributed by atoms with Gasteiger partial charge in [-0.2, -0.15) is 0 Å². The first kappa shape index (κ1) is 18.0. The van der Waals surface area contributed by atoms with Gasteiger partial charge in [-0.15, -0.1) is 0 Å². The number of carbonyl (C=O) groups is 1. The molecule has 1 amide bonds. The van der Waals surface area contributed by atoms with E-state index in [2.05, 4.69) is 39.5 Å². The highest BCUT2D eigenvalue weighted by Gasteiger charge is 2.17. The van der Waals surface area contributed by atoms with Gasteiger partial charge in [0.25, 0.3) is 5.91 Å². The number of nitrogens with one attached hydrogen (secondary N) is 1. The van der Waals surface area contributed by atoms with Crippen LogP contribution in [0.25, 0.3) is 5.65 Å². The molecule has 1 fully saturated rings. The SMILES string of the molecule is O=C(NCc1ccc(CN2CCCCC2)cc1)c1c(Cl)nc2ccccn12. The summed E-state index contributed by atoms with van der Waals surface area (Å²) < 4.78 is 1.71. The lowest BCUT2D eigenvalue weighted by Crippen LogP contribution is -2.29.